The van der Waals surface area contributed by atoms with Crippen LogP contribution in [0, 0.1) is 28.8 Å². The molecule has 2 aromatic carbocycles. The molecule has 0 saturated carbocycles. The molecule has 2 aromatic rings. The van der Waals surface area contributed by atoms with Crippen LogP contribution in [-0.2, 0) is 14.3 Å². The van der Waals surface area contributed by atoms with Gasteiger partial charge in [-0.25, -0.2) is 18.0 Å². The van der Waals surface area contributed by atoms with Crippen LogP contribution in [0.4, 0.5) is 18.9 Å². The van der Waals surface area contributed by atoms with Crippen molar-refractivity contribution in [3.8, 4) is 11.8 Å². The number of anilines is 1. The molecule has 1 amide bonds. The quantitative estimate of drug-likeness (QED) is 0.602. The van der Waals surface area contributed by atoms with Gasteiger partial charge in [0, 0.05) is 0 Å². The average Bonchev–Trinajstić information content (AvgIpc) is 2.68. The summed E-state index contributed by atoms with van der Waals surface area (Å²) in [5, 5.41) is 10.8. The largest absolute Gasteiger partial charge is 0.479 e. The van der Waals surface area contributed by atoms with E-state index in [1.165, 1.54) is 38.1 Å². The van der Waals surface area contributed by atoms with Crippen LogP contribution in [0.1, 0.15) is 19.4 Å². The molecule has 0 saturated heterocycles. The first-order valence-electron chi connectivity index (χ1n) is 8.04. The van der Waals surface area contributed by atoms with Gasteiger partial charge in [0.05, 0.1) is 17.3 Å². The summed E-state index contributed by atoms with van der Waals surface area (Å²) in [6, 6.07) is 9.41. The van der Waals surface area contributed by atoms with Crippen molar-refractivity contribution in [1.82, 2.24) is 0 Å². The van der Waals surface area contributed by atoms with Crippen LogP contribution in [0.3, 0.4) is 0 Å². The molecule has 0 unspecified atom stereocenters. The van der Waals surface area contributed by atoms with Gasteiger partial charge >= 0.3 is 5.97 Å². The predicted molar refractivity (Wildman–Crippen MR) is 91.7 cm³/mol. The molecule has 0 aliphatic heterocycles. The Morgan fingerprint density at radius 1 is 1.00 bits per heavy atom. The van der Waals surface area contributed by atoms with Crippen molar-refractivity contribution in [3.63, 3.8) is 0 Å². The SMILES string of the molecule is C[C@H](Oc1ccc(C#N)cc1)C(=O)O[C@H](C)C(=O)Nc1ccc(F)c(F)c1F. The molecular formula is C19H15F3N2O4. The third-order valence-electron chi connectivity index (χ3n) is 3.58. The number of amides is 1. The van der Waals surface area contributed by atoms with Crippen molar-refractivity contribution in [2.24, 2.45) is 0 Å². The van der Waals surface area contributed by atoms with Gasteiger partial charge in [-0.1, -0.05) is 0 Å². The van der Waals surface area contributed by atoms with Gasteiger partial charge in [0.25, 0.3) is 5.91 Å². The summed E-state index contributed by atoms with van der Waals surface area (Å²) in [7, 11) is 0. The predicted octanol–water partition coefficient (Wildman–Crippen LogP) is 3.31. The smallest absolute Gasteiger partial charge is 0.347 e. The molecule has 0 radical (unpaired) electrons. The zero-order chi connectivity index (χ0) is 20.8. The number of nitrogens with zero attached hydrogens (tertiary/aromatic N) is 1. The van der Waals surface area contributed by atoms with E-state index in [1.807, 2.05) is 11.4 Å². The first kappa shape index (κ1) is 20.8. The fourth-order valence-electron chi connectivity index (χ4n) is 2.04. The molecule has 146 valence electrons. The maximum absolute atomic E-state index is 13.6. The minimum Gasteiger partial charge on any atom is -0.479 e. The number of benzene rings is 2. The number of ether oxygens (including phenoxy) is 2. The summed E-state index contributed by atoms with van der Waals surface area (Å²) in [5.74, 6) is -6.20. The molecule has 9 heteroatoms. The van der Waals surface area contributed by atoms with Gasteiger partial charge in [-0.3, -0.25) is 4.79 Å². The Balaban J connectivity index is 1.94. The number of nitriles is 1. The molecule has 0 aromatic heterocycles. The lowest BCUT2D eigenvalue weighted by molar-refractivity contribution is -0.159. The molecule has 0 bridgehead atoms. The number of hydrogen-bond donors (Lipinski definition) is 1. The lowest BCUT2D eigenvalue weighted by atomic mass is 10.2. The Hall–Kier alpha value is -3.54. The minimum absolute atomic E-state index is 0.310. The van der Waals surface area contributed by atoms with Crippen molar-refractivity contribution in [2.45, 2.75) is 26.1 Å². The molecule has 0 fully saturated rings. The molecule has 6 nitrogen and oxygen atoms in total. The van der Waals surface area contributed by atoms with Crippen LogP contribution in [0.2, 0.25) is 0 Å². The number of halogens is 3. The highest BCUT2D eigenvalue weighted by Gasteiger charge is 2.24. The summed E-state index contributed by atoms with van der Waals surface area (Å²) < 4.78 is 50.0. The molecular weight excluding hydrogens is 377 g/mol. The number of carbonyl (C=O) groups is 2. The second-order valence-electron chi connectivity index (χ2n) is 5.69. The number of carbonyl (C=O) groups excluding carboxylic acids is 2. The van der Waals surface area contributed by atoms with Crippen molar-refractivity contribution in [3.05, 3.63) is 59.4 Å². The molecule has 2 atom stereocenters. The average molecular weight is 392 g/mol. The molecule has 0 spiro atoms. The Morgan fingerprint density at radius 3 is 2.25 bits per heavy atom. The Bertz CT molecular complexity index is 926. The van der Waals surface area contributed by atoms with E-state index in [-0.39, 0.29) is 0 Å². The van der Waals surface area contributed by atoms with Crippen LogP contribution in [0.15, 0.2) is 36.4 Å². The van der Waals surface area contributed by atoms with E-state index in [1.54, 1.807) is 0 Å². The van der Waals surface area contributed by atoms with E-state index < -0.39 is 47.2 Å². The van der Waals surface area contributed by atoms with E-state index in [2.05, 4.69) is 0 Å². The van der Waals surface area contributed by atoms with Crippen molar-refractivity contribution >= 4 is 17.6 Å². The Kier molecular flexibility index (Phi) is 6.60. The van der Waals surface area contributed by atoms with Crippen LogP contribution in [-0.4, -0.2) is 24.1 Å². The summed E-state index contributed by atoms with van der Waals surface area (Å²) >= 11 is 0. The third kappa shape index (κ3) is 5.01. The summed E-state index contributed by atoms with van der Waals surface area (Å²) in [6.45, 7) is 2.61. The monoisotopic (exact) mass is 392 g/mol. The van der Waals surface area contributed by atoms with Crippen LogP contribution in [0.25, 0.3) is 0 Å². The summed E-state index contributed by atoms with van der Waals surface area (Å²) in [6.07, 6.45) is -2.43. The standard InChI is InChI=1S/C19H15F3N2O4/c1-10(18(25)24-15-8-7-14(20)16(21)17(15)22)28-19(26)11(2)27-13-5-3-12(9-23)4-6-13/h3-8,10-11H,1-2H3,(H,24,25)/t10-,11+/m1/s1. The van der Waals surface area contributed by atoms with Crippen molar-refractivity contribution in [1.29, 1.82) is 5.26 Å². The third-order valence-corrected chi connectivity index (χ3v) is 3.58. The van der Waals surface area contributed by atoms with Crippen molar-refractivity contribution < 1.29 is 32.2 Å². The van der Waals surface area contributed by atoms with Gasteiger partial charge < -0.3 is 14.8 Å². The number of rotatable bonds is 6. The van der Waals surface area contributed by atoms with Gasteiger partial charge in [0.1, 0.15) is 5.75 Å². The summed E-state index contributed by atoms with van der Waals surface area (Å²) in [5.41, 5.74) is -0.175. The van der Waals surface area contributed by atoms with Crippen LogP contribution < -0.4 is 10.1 Å². The fourth-order valence-corrected chi connectivity index (χ4v) is 2.04. The normalized spacial score (nSPS) is 12.4. The minimum atomic E-state index is -1.73. The first-order valence-corrected chi connectivity index (χ1v) is 8.04. The highest BCUT2D eigenvalue weighted by molar-refractivity contribution is 5.95. The molecule has 0 aliphatic rings. The fraction of sp³-hybridized carbons (Fsp3) is 0.211. The van der Waals surface area contributed by atoms with E-state index >= 15 is 0 Å². The molecule has 28 heavy (non-hydrogen) atoms. The van der Waals surface area contributed by atoms with E-state index in [9.17, 15) is 22.8 Å². The molecule has 0 aliphatic carbocycles. The van der Waals surface area contributed by atoms with Crippen LogP contribution in [0.5, 0.6) is 5.75 Å². The number of hydrogen-bond acceptors (Lipinski definition) is 5. The van der Waals surface area contributed by atoms with Gasteiger partial charge in [-0.2, -0.15) is 5.26 Å². The van der Waals surface area contributed by atoms with Gasteiger partial charge in [-0.05, 0) is 50.2 Å². The van der Waals surface area contributed by atoms with E-state index in [0.29, 0.717) is 17.4 Å². The van der Waals surface area contributed by atoms with Gasteiger partial charge in [0.15, 0.2) is 29.7 Å². The van der Waals surface area contributed by atoms with Gasteiger partial charge in [-0.15, -0.1) is 0 Å². The van der Waals surface area contributed by atoms with E-state index in [0.717, 1.165) is 6.07 Å². The number of esters is 1. The topological polar surface area (TPSA) is 88.4 Å². The lowest BCUT2D eigenvalue weighted by Gasteiger charge is -2.18. The summed E-state index contributed by atoms with van der Waals surface area (Å²) in [4.78, 5) is 24.0. The van der Waals surface area contributed by atoms with Crippen molar-refractivity contribution in [2.75, 3.05) is 5.32 Å². The molecule has 1 N–H and O–H groups in total. The van der Waals surface area contributed by atoms with Gasteiger partial charge in [0.2, 0.25) is 0 Å². The number of nitrogens with one attached hydrogen (secondary N) is 1. The maximum Gasteiger partial charge on any atom is 0.347 e. The highest BCUT2D eigenvalue weighted by Crippen LogP contribution is 2.20. The van der Waals surface area contributed by atoms with E-state index in [4.69, 9.17) is 14.7 Å². The second-order valence-corrected chi connectivity index (χ2v) is 5.69. The van der Waals surface area contributed by atoms with Crippen LogP contribution >= 0.6 is 0 Å². The molecule has 2 rings (SSSR count). The first-order chi connectivity index (χ1) is 13.2. The maximum atomic E-state index is 13.6. The second kappa shape index (κ2) is 8.90. The highest BCUT2D eigenvalue weighted by atomic mass is 19.2. The zero-order valence-electron chi connectivity index (χ0n) is 14.8. The Labute approximate surface area is 158 Å². The zero-order valence-corrected chi connectivity index (χ0v) is 14.8. The molecule has 0 heterocycles. The Morgan fingerprint density at radius 2 is 1.64 bits per heavy atom. The lowest BCUT2D eigenvalue weighted by Crippen LogP contribution is -2.35.